The normalized spacial score (nSPS) is 17.7. The summed E-state index contributed by atoms with van der Waals surface area (Å²) in [7, 11) is -3.85. The summed E-state index contributed by atoms with van der Waals surface area (Å²) in [5.41, 5.74) is -0.523. The Kier molecular flexibility index (Phi) is 10.5. The minimum Gasteiger partial charge on any atom is -0.494 e. The molecule has 1 aliphatic heterocycles. The van der Waals surface area contributed by atoms with Crippen molar-refractivity contribution in [2.24, 2.45) is 4.99 Å². The first-order valence-corrected chi connectivity index (χ1v) is 16.9. The van der Waals surface area contributed by atoms with Crippen LogP contribution in [0.25, 0.3) is 0 Å². The Morgan fingerprint density at radius 3 is 2.30 bits per heavy atom. The van der Waals surface area contributed by atoms with Gasteiger partial charge in [0.25, 0.3) is 5.91 Å². The number of aliphatic hydroxyl groups is 1. The van der Waals surface area contributed by atoms with Crippen LogP contribution in [0.4, 0.5) is 8.78 Å². The van der Waals surface area contributed by atoms with E-state index in [9.17, 15) is 22.0 Å². The summed E-state index contributed by atoms with van der Waals surface area (Å²) < 4.78 is 67.6. The van der Waals surface area contributed by atoms with Crippen molar-refractivity contribution in [3.63, 3.8) is 0 Å². The van der Waals surface area contributed by atoms with Gasteiger partial charge in [-0.1, -0.05) is 46.3 Å². The average Bonchev–Trinajstić information content (AvgIpc) is 3.44. The summed E-state index contributed by atoms with van der Waals surface area (Å²) >= 11 is 3.42. The number of ether oxygens (including phenoxy) is 2. The van der Waals surface area contributed by atoms with Gasteiger partial charge < -0.3 is 19.9 Å². The van der Waals surface area contributed by atoms with Crippen LogP contribution in [-0.2, 0) is 25.9 Å². The van der Waals surface area contributed by atoms with E-state index in [2.05, 4.69) is 21.2 Å². The maximum Gasteiger partial charge on any atom is 0.252 e. The fourth-order valence-electron chi connectivity index (χ4n) is 5.09. The lowest BCUT2D eigenvalue weighted by molar-refractivity contribution is -0.129. The van der Waals surface area contributed by atoms with Gasteiger partial charge >= 0.3 is 0 Å². The molecule has 1 heterocycles. The van der Waals surface area contributed by atoms with E-state index in [-0.39, 0.29) is 35.9 Å². The molecule has 0 fully saturated rings. The number of carbonyl (C=O) groups excluding carboxylic acids is 1. The van der Waals surface area contributed by atoms with Gasteiger partial charge in [-0.25, -0.2) is 22.2 Å². The Hall–Kier alpha value is -4.13. The third-order valence-corrected chi connectivity index (χ3v) is 9.69. The van der Waals surface area contributed by atoms with Gasteiger partial charge in [-0.2, -0.15) is 0 Å². The van der Waals surface area contributed by atoms with E-state index < -0.39 is 44.8 Å². The molecule has 1 aliphatic rings. The lowest BCUT2D eigenvalue weighted by atomic mass is 9.85. The number of carbonyl (C=O) groups is 1. The van der Waals surface area contributed by atoms with Gasteiger partial charge in [0.2, 0.25) is 5.90 Å². The van der Waals surface area contributed by atoms with Crippen molar-refractivity contribution in [2.45, 2.75) is 35.9 Å². The molecule has 0 aromatic heterocycles. The Bertz CT molecular complexity index is 1790. The first-order valence-electron chi connectivity index (χ1n) is 14.5. The summed E-state index contributed by atoms with van der Waals surface area (Å²) in [5, 5.41) is 11.8. The molecule has 12 heteroatoms. The third-order valence-electron chi connectivity index (χ3n) is 7.43. The van der Waals surface area contributed by atoms with E-state index >= 15 is 0 Å². The number of aliphatic hydroxyl groups excluding tert-OH is 1. The van der Waals surface area contributed by atoms with E-state index in [1.807, 2.05) is 0 Å². The van der Waals surface area contributed by atoms with Crippen molar-refractivity contribution in [1.82, 2.24) is 5.32 Å². The maximum absolute atomic E-state index is 14.3. The molecule has 240 valence electrons. The zero-order chi connectivity index (χ0) is 32.7. The average molecular weight is 714 g/mol. The van der Waals surface area contributed by atoms with Gasteiger partial charge in [0, 0.05) is 42.1 Å². The van der Waals surface area contributed by atoms with Crippen LogP contribution >= 0.6 is 15.9 Å². The van der Waals surface area contributed by atoms with Crippen molar-refractivity contribution in [1.29, 1.82) is 0 Å². The topological polar surface area (TPSA) is 114 Å². The van der Waals surface area contributed by atoms with Crippen LogP contribution < -0.4 is 10.1 Å². The maximum atomic E-state index is 14.3. The number of sulfone groups is 1. The van der Waals surface area contributed by atoms with Crippen molar-refractivity contribution in [2.75, 3.05) is 19.0 Å². The Morgan fingerprint density at radius 2 is 1.65 bits per heavy atom. The van der Waals surface area contributed by atoms with Crippen molar-refractivity contribution < 1.29 is 36.6 Å². The van der Waals surface area contributed by atoms with Gasteiger partial charge in [-0.3, -0.25) is 4.79 Å². The number of hydrogen-bond acceptors (Lipinski definition) is 7. The van der Waals surface area contributed by atoms with Crippen LogP contribution in [0.5, 0.6) is 5.75 Å². The second-order valence-corrected chi connectivity index (χ2v) is 13.7. The Labute approximate surface area is 274 Å². The largest absolute Gasteiger partial charge is 0.494 e. The molecular weight excluding hydrogens is 682 g/mol. The molecule has 1 amide bonds. The molecule has 2 N–H and O–H groups in total. The molecule has 0 aliphatic carbocycles. The monoisotopic (exact) mass is 712 g/mol. The van der Waals surface area contributed by atoms with E-state index in [0.29, 0.717) is 29.9 Å². The van der Waals surface area contributed by atoms with Gasteiger partial charge in [0.1, 0.15) is 17.4 Å². The van der Waals surface area contributed by atoms with Crippen LogP contribution in [0.15, 0.2) is 111 Å². The van der Waals surface area contributed by atoms with E-state index in [1.165, 1.54) is 12.1 Å². The quantitative estimate of drug-likeness (QED) is 0.166. The number of halogens is 3. The zero-order valence-electron chi connectivity index (χ0n) is 24.5. The minimum atomic E-state index is -3.85. The molecule has 0 saturated carbocycles. The molecule has 0 spiro atoms. The molecule has 4 aromatic rings. The number of amides is 1. The minimum absolute atomic E-state index is 0.00152. The third kappa shape index (κ3) is 7.80. The van der Waals surface area contributed by atoms with Crippen molar-refractivity contribution >= 4 is 37.6 Å². The molecule has 46 heavy (non-hydrogen) atoms. The number of benzene rings is 4. The highest BCUT2D eigenvalue weighted by Gasteiger charge is 2.53. The summed E-state index contributed by atoms with van der Waals surface area (Å²) in [6, 6.07) is 24.7. The summed E-state index contributed by atoms with van der Waals surface area (Å²) in [6.07, 6.45) is -0.843. The first-order chi connectivity index (χ1) is 22.1. The number of hydrogen-bond donors (Lipinski definition) is 2. The van der Waals surface area contributed by atoms with Gasteiger partial charge in [0.05, 0.1) is 17.3 Å². The summed E-state index contributed by atoms with van der Waals surface area (Å²) in [4.78, 5) is 19.2. The standard InChI is InChI=1S/C34H31BrF2N2O6S/c35-26-11-7-24(8-12-26)31-34(15-18-46(42,43)30-5-2-1-3-6-30,33(41)38-22-23-19-27(36)21-28(37)20-23)39-32(45-31)25-9-13-29(14-10-25)44-17-4-16-40/h1-3,5-14,19-21,31,40H,4,15-18,22H2,(H,38,41)/t31-,34-/m1/s1. The lowest BCUT2D eigenvalue weighted by Gasteiger charge is -2.30. The molecular formula is C34H31BrF2N2O6S. The molecule has 2 atom stereocenters. The summed E-state index contributed by atoms with van der Waals surface area (Å²) in [6.45, 7) is 0.0876. The van der Waals surface area contributed by atoms with Gasteiger partial charge in [0.15, 0.2) is 21.5 Å². The molecule has 4 aromatic carbocycles. The molecule has 0 bridgehead atoms. The highest BCUT2D eigenvalue weighted by molar-refractivity contribution is 9.10. The van der Waals surface area contributed by atoms with Crippen LogP contribution in [0.1, 0.15) is 35.6 Å². The smallest absolute Gasteiger partial charge is 0.252 e. The number of rotatable bonds is 13. The second-order valence-electron chi connectivity index (χ2n) is 10.7. The highest BCUT2D eigenvalue weighted by Crippen LogP contribution is 2.43. The van der Waals surface area contributed by atoms with Crippen LogP contribution in [0.3, 0.4) is 0 Å². The van der Waals surface area contributed by atoms with Gasteiger partial charge in [-0.05, 0) is 71.8 Å². The number of nitrogens with zero attached hydrogens (tertiary/aromatic N) is 1. The summed E-state index contributed by atoms with van der Waals surface area (Å²) in [5.74, 6) is -2.04. The lowest BCUT2D eigenvalue weighted by Crippen LogP contribution is -2.49. The second kappa shape index (κ2) is 14.5. The SMILES string of the molecule is O=C(NCc1cc(F)cc(F)c1)[C@]1(CCS(=O)(=O)c2ccccc2)N=C(c2ccc(OCCCO)cc2)O[C@@H]1c1ccc(Br)cc1. The predicted molar refractivity (Wildman–Crippen MR) is 172 cm³/mol. The first kappa shape index (κ1) is 33.2. The molecule has 0 radical (unpaired) electrons. The fraction of sp³-hybridized carbons (Fsp3) is 0.235. The number of nitrogens with one attached hydrogen (secondary N) is 1. The molecule has 8 nitrogen and oxygen atoms in total. The van der Waals surface area contributed by atoms with Crippen molar-refractivity contribution in [3.8, 4) is 5.75 Å². The van der Waals surface area contributed by atoms with E-state index in [4.69, 9.17) is 19.6 Å². The molecule has 0 unspecified atom stereocenters. The number of aliphatic imine (C=N–C) groups is 1. The zero-order valence-corrected chi connectivity index (χ0v) is 26.9. The Morgan fingerprint density at radius 1 is 0.978 bits per heavy atom. The van der Waals surface area contributed by atoms with Gasteiger partial charge in [-0.15, -0.1) is 0 Å². The molecule has 5 rings (SSSR count). The van der Waals surface area contributed by atoms with Crippen LogP contribution in [0, 0.1) is 11.6 Å². The Balaban J connectivity index is 1.55. The molecule has 0 saturated heterocycles. The predicted octanol–water partition coefficient (Wildman–Crippen LogP) is 5.93. The fourth-order valence-corrected chi connectivity index (χ4v) is 6.74. The van der Waals surface area contributed by atoms with Crippen molar-refractivity contribution in [3.05, 3.63) is 130 Å². The van der Waals surface area contributed by atoms with E-state index in [0.717, 1.165) is 22.7 Å². The van der Waals surface area contributed by atoms with Crippen LogP contribution in [-0.4, -0.2) is 49.8 Å². The van der Waals surface area contributed by atoms with Crippen LogP contribution in [0.2, 0.25) is 0 Å². The van der Waals surface area contributed by atoms with E-state index in [1.54, 1.807) is 66.7 Å². The highest BCUT2D eigenvalue weighted by atomic mass is 79.9.